The average Bonchev–Trinajstić information content (AvgIpc) is 2.51. The summed E-state index contributed by atoms with van der Waals surface area (Å²) in [6, 6.07) is 11.2. The van der Waals surface area contributed by atoms with Gasteiger partial charge in [-0.25, -0.2) is 0 Å². The second-order valence-corrected chi connectivity index (χ2v) is 6.07. The molecule has 0 radical (unpaired) electrons. The molecule has 1 aliphatic heterocycles. The number of anilines is 1. The summed E-state index contributed by atoms with van der Waals surface area (Å²) in [6.07, 6.45) is 0. The lowest BCUT2D eigenvalue weighted by Crippen LogP contribution is -2.32. The molecule has 0 spiro atoms. The third-order valence-electron chi connectivity index (χ3n) is 3.68. The Bertz CT molecular complexity index is 731. The quantitative estimate of drug-likeness (QED) is 0.768. The van der Waals surface area contributed by atoms with Crippen LogP contribution in [0.1, 0.15) is 22.8 Å². The first-order valence-corrected chi connectivity index (χ1v) is 7.77. The van der Waals surface area contributed by atoms with Crippen LogP contribution in [0.5, 0.6) is 5.75 Å². The molecule has 22 heavy (non-hydrogen) atoms. The Morgan fingerprint density at radius 1 is 1.18 bits per heavy atom. The number of ether oxygens (including phenoxy) is 1. The van der Waals surface area contributed by atoms with Crippen molar-refractivity contribution >= 4 is 34.7 Å². The van der Waals surface area contributed by atoms with Crippen LogP contribution in [0.3, 0.4) is 0 Å². The van der Waals surface area contributed by atoms with Gasteiger partial charge in [0.1, 0.15) is 12.4 Å². The molecule has 0 aliphatic carbocycles. The number of ketones is 1. The maximum Gasteiger partial charge on any atom is 0.159 e. The van der Waals surface area contributed by atoms with Crippen molar-refractivity contribution in [2.24, 2.45) is 0 Å². The second-order valence-electron chi connectivity index (χ2n) is 5.26. The maximum absolute atomic E-state index is 11.6. The smallest absolute Gasteiger partial charge is 0.159 e. The first kappa shape index (κ1) is 15.2. The minimum absolute atomic E-state index is 0.0443. The van der Waals surface area contributed by atoms with Crippen molar-refractivity contribution < 1.29 is 9.53 Å². The van der Waals surface area contributed by atoms with Gasteiger partial charge in [-0.15, -0.1) is 0 Å². The molecule has 2 aromatic carbocycles. The topological polar surface area (TPSA) is 29.5 Å². The normalized spacial score (nSPS) is 13.5. The minimum Gasteiger partial charge on any atom is -0.490 e. The highest BCUT2D eigenvalue weighted by atomic mass is 35.5. The zero-order chi connectivity index (χ0) is 15.7. The van der Waals surface area contributed by atoms with Gasteiger partial charge in [-0.2, -0.15) is 0 Å². The summed E-state index contributed by atoms with van der Waals surface area (Å²) in [5.41, 5.74) is 2.68. The zero-order valence-electron chi connectivity index (χ0n) is 12.1. The highest BCUT2D eigenvalue weighted by Crippen LogP contribution is 2.34. The van der Waals surface area contributed by atoms with Gasteiger partial charge < -0.3 is 9.64 Å². The highest BCUT2D eigenvalue weighted by molar-refractivity contribution is 6.42. The van der Waals surface area contributed by atoms with Gasteiger partial charge in [-0.1, -0.05) is 29.3 Å². The number of carbonyl (C=O) groups excluding carboxylic acids is 1. The molecule has 114 valence electrons. The molecule has 0 saturated carbocycles. The number of hydrogen-bond acceptors (Lipinski definition) is 3. The zero-order valence-corrected chi connectivity index (χ0v) is 13.6. The van der Waals surface area contributed by atoms with Gasteiger partial charge in [0.15, 0.2) is 5.78 Å². The Morgan fingerprint density at radius 3 is 2.73 bits per heavy atom. The van der Waals surface area contributed by atoms with E-state index in [-0.39, 0.29) is 5.78 Å². The Morgan fingerprint density at radius 2 is 2.00 bits per heavy atom. The number of halogens is 2. The van der Waals surface area contributed by atoms with Crippen LogP contribution in [0.25, 0.3) is 0 Å². The van der Waals surface area contributed by atoms with E-state index in [4.69, 9.17) is 27.9 Å². The molecule has 3 rings (SSSR count). The number of benzene rings is 2. The van der Waals surface area contributed by atoms with Crippen LogP contribution in [0.2, 0.25) is 10.0 Å². The van der Waals surface area contributed by atoms with Crippen molar-refractivity contribution in [2.45, 2.75) is 13.5 Å². The molecule has 1 heterocycles. The Kier molecular flexibility index (Phi) is 4.27. The molecule has 0 unspecified atom stereocenters. The summed E-state index contributed by atoms with van der Waals surface area (Å²) in [4.78, 5) is 13.8. The predicted octanol–water partition coefficient (Wildman–Crippen LogP) is 4.60. The molecule has 0 atom stereocenters. The van der Waals surface area contributed by atoms with Crippen LogP contribution >= 0.6 is 23.2 Å². The number of fused-ring (bicyclic) bond motifs is 1. The molecule has 0 aromatic heterocycles. The summed E-state index contributed by atoms with van der Waals surface area (Å²) in [6.45, 7) is 3.63. The van der Waals surface area contributed by atoms with Gasteiger partial charge in [-0.3, -0.25) is 4.79 Å². The third kappa shape index (κ3) is 3.06. The lowest BCUT2D eigenvalue weighted by molar-refractivity contribution is 0.101. The number of hydrogen-bond donors (Lipinski definition) is 0. The first-order chi connectivity index (χ1) is 10.5. The van der Waals surface area contributed by atoms with Crippen molar-refractivity contribution in [3.05, 3.63) is 57.6 Å². The van der Waals surface area contributed by atoms with Crippen molar-refractivity contribution in [3.8, 4) is 5.75 Å². The molecule has 0 amide bonds. The van der Waals surface area contributed by atoms with E-state index in [0.717, 1.165) is 23.5 Å². The number of nitrogens with zero attached hydrogens (tertiary/aromatic N) is 1. The van der Waals surface area contributed by atoms with Crippen LogP contribution < -0.4 is 9.64 Å². The summed E-state index contributed by atoms with van der Waals surface area (Å²) in [5.74, 6) is 0.846. The molecule has 5 heteroatoms. The van der Waals surface area contributed by atoms with E-state index >= 15 is 0 Å². The molecule has 0 fully saturated rings. The van der Waals surface area contributed by atoms with Crippen LogP contribution in [-0.2, 0) is 6.54 Å². The Labute approximate surface area is 139 Å². The minimum atomic E-state index is 0.0443. The monoisotopic (exact) mass is 335 g/mol. The number of Topliss-reactive ketones (excluding diaryl/α,β-unsaturated/α-hetero) is 1. The second kappa shape index (κ2) is 6.19. The van der Waals surface area contributed by atoms with Crippen LogP contribution in [0, 0.1) is 0 Å². The van der Waals surface area contributed by atoms with E-state index in [1.165, 1.54) is 0 Å². The van der Waals surface area contributed by atoms with Crippen molar-refractivity contribution in [3.63, 3.8) is 0 Å². The fourth-order valence-corrected chi connectivity index (χ4v) is 2.84. The van der Waals surface area contributed by atoms with Gasteiger partial charge in [0.25, 0.3) is 0 Å². The molecule has 2 aromatic rings. The highest BCUT2D eigenvalue weighted by Gasteiger charge is 2.19. The van der Waals surface area contributed by atoms with Gasteiger partial charge in [0.2, 0.25) is 0 Å². The van der Waals surface area contributed by atoms with Crippen LogP contribution in [0.15, 0.2) is 36.4 Å². The van der Waals surface area contributed by atoms with Crippen molar-refractivity contribution in [1.82, 2.24) is 0 Å². The molecule has 0 N–H and O–H groups in total. The summed E-state index contributed by atoms with van der Waals surface area (Å²) >= 11 is 12.0. The van der Waals surface area contributed by atoms with E-state index in [0.29, 0.717) is 28.8 Å². The van der Waals surface area contributed by atoms with Gasteiger partial charge >= 0.3 is 0 Å². The largest absolute Gasteiger partial charge is 0.490 e. The van der Waals surface area contributed by atoms with E-state index in [9.17, 15) is 4.79 Å². The summed E-state index contributed by atoms with van der Waals surface area (Å²) < 4.78 is 5.67. The molecule has 0 bridgehead atoms. The Balaban J connectivity index is 1.91. The van der Waals surface area contributed by atoms with E-state index in [1.807, 2.05) is 24.3 Å². The average molecular weight is 336 g/mol. The van der Waals surface area contributed by atoms with E-state index in [1.54, 1.807) is 19.1 Å². The summed E-state index contributed by atoms with van der Waals surface area (Å²) in [7, 11) is 0. The van der Waals surface area contributed by atoms with Crippen LogP contribution in [-0.4, -0.2) is 18.9 Å². The molecule has 3 nitrogen and oxygen atoms in total. The van der Waals surface area contributed by atoms with E-state index in [2.05, 4.69) is 4.90 Å². The maximum atomic E-state index is 11.6. The van der Waals surface area contributed by atoms with Gasteiger partial charge in [-0.05, 0) is 42.8 Å². The van der Waals surface area contributed by atoms with Gasteiger partial charge in [0, 0.05) is 12.1 Å². The Hall–Kier alpha value is -1.71. The predicted molar refractivity (Wildman–Crippen MR) is 89.5 cm³/mol. The summed E-state index contributed by atoms with van der Waals surface area (Å²) in [5, 5.41) is 1.09. The molecular weight excluding hydrogens is 321 g/mol. The first-order valence-electron chi connectivity index (χ1n) is 7.01. The molecule has 1 aliphatic rings. The fourth-order valence-electron chi connectivity index (χ4n) is 2.51. The third-order valence-corrected chi connectivity index (χ3v) is 4.42. The molecular formula is C17H15Cl2NO2. The molecule has 0 saturated heterocycles. The van der Waals surface area contributed by atoms with Gasteiger partial charge in [0.05, 0.1) is 22.3 Å². The fraction of sp³-hybridized carbons (Fsp3) is 0.235. The van der Waals surface area contributed by atoms with Crippen molar-refractivity contribution in [1.29, 1.82) is 0 Å². The van der Waals surface area contributed by atoms with E-state index < -0.39 is 0 Å². The van der Waals surface area contributed by atoms with Crippen LogP contribution in [0.4, 0.5) is 5.69 Å². The van der Waals surface area contributed by atoms with Crippen molar-refractivity contribution in [2.75, 3.05) is 18.1 Å². The number of carbonyl (C=O) groups is 1. The standard InChI is InChI=1S/C17H15Cl2NO2/c1-11(21)13-3-5-17-16(9-13)20(6-7-22-17)10-12-2-4-14(18)15(19)8-12/h2-5,8-9H,6-7,10H2,1H3. The number of rotatable bonds is 3. The lowest BCUT2D eigenvalue weighted by Gasteiger charge is -2.31. The SMILES string of the molecule is CC(=O)c1ccc2c(c1)N(Cc1ccc(Cl)c(Cl)c1)CCO2. The lowest BCUT2D eigenvalue weighted by atomic mass is 10.1.